The fourth-order valence-electron chi connectivity index (χ4n) is 8.00. The van der Waals surface area contributed by atoms with Crippen LogP contribution in [-0.4, -0.2) is 166 Å². The Morgan fingerprint density at radius 2 is 0.760 bits per heavy atom. The molecule has 0 radical (unpaired) electrons. The first kappa shape index (κ1) is 69.7. The van der Waals surface area contributed by atoms with Gasteiger partial charge in [0.25, 0.3) is 11.8 Å². The van der Waals surface area contributed by atoms with E-state index >= 15 is 0 Å². The Morgan fingerprint density at radius 3 is 1.19 bits per heavy atom. The summed E-state index contributed by atoms with van der Waals surface area (Å²) in [5, 5.41) is 3.56. The zero-order valence-corrected chi connectivity index (χ0v) is 46.9. The fourth-order valence-corrected chi connectivity index (χ4v) is 8.00. The molecule has 0 spiro atoms. The van der Waals surface area contributed by atoms with Gasteiger partial charge in [-0.05, 0) is 32.1 Å². The molecule has 0 aliphatic carbocycles. The lowest BCUT2D eigenvalue weighted by molar-refractivity contribution is -0.198. The second kappa shape index (κ2) is 51.5. The highest BCUT2D eigenvalue weighted by Crippen LogP contribution is 2.35. The number of hydrogen-bond acceptors (Lipinski definition) is 17. The van der Waals surface area contributed by atoms with Crippen molar-refractivity contribution in [3.63, 3.8) is 0 Å². The summed E-state index contributed by atoms with van der Waals surface area (Å²) in [6.07, 6.45) is 23.4. The molecule has 1 unspecified atom stereocenters. The van der Waals surface area contributed by atoms with Crippen molar-refractivity contribution in [2.24, 2.45) is 5.41 Å². The Balaban J connectivity index is 2.21. The van der Waals surface area contributed by atoms with Crippen molar-refractivity contribution >= 4 is 35.6 Å². The minimum absolute atomic E-state index is 0.0500. The summed E-state index contributed by atoms with van der Waals surface area (Å²) < 4.78 is 55.3. The highest BCUT2D eigenvalue weighted by Gasteiger charge is 2.46. The number of esters is 2. The molecule has 1 N–H and O–H groups in total. The van der Waals surface area contributed by atoms with E-state index in [4.69, 9.17) is 52.2 Å². The maximum atomic E-state index is 14.1. The Kier molecular flexibility index (Phi) is 47.8. The first-order valence-corrected chi connectivity index (χ1v) is 29.0. The van der Waals surface area contributed by atoms with E-state index in [9.17, 15) is 28.8 Å². The number of nitrogens with zero attached hydrogens (tertiary/aromatic N) is 1. The van der Waals surface area contributed by atoms with Crippen molar-refractivity contribution < 1.29 is 81.0 Å². The van der Waals surface area contributed by atoms with Crippen LogP contribution < -0.4 is 5.32 Å². The molecule has 438 valence electrons. The van der Waals surface area contributed by atoms with Crippen LogP contribution in [0.5, 0.6) is 0 Å². The summed E-state index contributed by atoms with van der Waals surface area (Å²) >= 11 is 0. The molecule has 1 heterocycles. The molecule has 0 aromatic carbocycles. The number of carbonyl (C=O) groups excluding carboxylic acids is 6. The van der Waals surface area contributed by atoms with Gasteiger partial charge in [-0.1, -0.05) is 136 Å². The molecule has 0 aromatic rings. The van der Waals surface area contributed by atoms with Crippen LogP contribution in [0.25, 0.3) is 0 Å². The van der Waals surface area contributed by atoms with Crippen molar-refractivity contribution in [3.8, 4) is 0 Å². The van der Waals surface area contributed by atoms with Crippen LogP contribution in [0.4, 0.5) is 0 Å². The Hall–Kier alpha value is -3.30. The predicted molar refractivity (Wildman–Crippen MR) is 284 cm³/mol. The SMILES string of the molecule is CCCCCCCCCCCC(CCCCCCCCCCC(=O)OCCCC)(C(=O)NCCOCCOCCOCCOCCOCCOCCOCCOCCC(=O)ON1C(=O)CCC1=O)C(=O)OCCCC. The molecule has 75 heavy (non-hydrogen) atoms. The molecule has 1 aliphatic heterocycles. The number of nitrogens with one attached hydrogen (secondary N) is 1. The van der Waals surface area contributed by atoms with E-state index in [0.717, 1.165) is 96.3 Å². The first-order chi connectivity index (χ1) is 36.7. The third kappa shape index (κ3) is 39.7. The van der Waals surface area contributed by atoms with E-state index in [-0.39, 0.29) is 50.9 Å². The average Bonchev–Trinajstić information content (AvgIpc) is 3.72. The highest BCUT2D eigenvalue weighted by molar-refractivity contribution is 6.03. The standard InChI is InChI=1S/C56H102N2O17/c1-4-7-10-11-12-14-17-20-23-29-56(55(64)74-33-9-6-3,30-24-21-18-15-13-16-19-22-25-52(61)73-32-8-5-2)54(63)57-31-35-66-37-39-68-41-43-70-45-47-72-49-48-71-46-44-69-42-40-67-38-36-65-34-28-53(62)75-58-50(59)26-27-51(58)60/h4-49H2,1-3H3,(H,57,63). The van der Waals surface area contributed by atoms with E-state index < -0.39 is 29.2 Å². The van der Waals surface area contributed by atoms with Crippen molar-refractivity contribution in [2.45, 2.75) is 194 Å². The lowest BCUT2D eigenvalue weighted by Crippen LogP contribution is -2.48. The lowest BCUT2D eigenvalue weighted by Gasteiger charge is -2.31. The number of amides is 3. The lowest BCUT2D eigenvalue weighted by atomic mass is 9.76. The third-order valence-corrected chi connectivity index (χ3v) is 12.5. The fraction of sp³-hybridized carbons (Fsp3) is 0.893. The van der Waals surface area contributed by atoms with Crippen LogP contribution in [0.3, 0.4) is 0 Å². The molecule has 1 atom stereocenters. The quantitative estimate of drug-likeness (QED) is 0.0260. The Labute approximate surface area is 450 Å². The molecule has 1 saturated heterocycles. The Morgan fingerprint density at radius 1 is 0.400 bits per heavy atom. The van der Waals surface area contributed by atoms with Gasteiger partial charge >= 0.3 is 17.9 Å². The molecule has 0 aromatic heterocycles. The van der Waals surface area contributed by atoms with Gasteiger partial charge in [-0.15, -0.1) is 5.06 Å². The van der Waals surface area contributed by atoms with Gasteiger partial charge in [0.05, 0.1) is 125 Å². The summed E-state index contributed by atoms with van der Waals surface area (Å²) in [6.45, 7) is 13.4. The van der Waals surface area contributed by atoms with Crippen LogP contribution in [0.1, 0.15) is 194 Å². The van der Waals surface area contributed by atoms with Crippen LogP contribution in [-0.2, 0) is 81.0 Å². The summed E-state index contributed by atoms with van der Waals surface area (Å²) in [5.74, 6) is -2.48. The number of rotatable bonds is 57. The molecule has 0 saturated carbocycles. The number of hydroxylamine groups is 2. The monoisotopic (exact) mass is 1070 g/mol. The highest BCUT2D eigenvalue weighted by atomic mass is 16.7. The molecule has 1 aliphatic rings. The molecule has 19 heteroatoms. The molecule has 1 rings (SSSR count). The van der Waals surface area contributed by atoms with Crippen molar-refractivity contribution in [2.75, 3.05) is 125 Å². The smallest absolute Gasteiger partial charge is 0.335 e. The van der Waals surface area contributed by atoms with Gasteiger partial charge in [-0.2, -0.15) is 0 Å². The number of hydrogen-bond donors (Lipinski definition) is 1. The topological polar surface area (TPSA) is 219 Å². The van der Waals surface area contributed by atoms with Gasteiger partial charge < -0.3 is 57.5 Å². The molecule has 1 fully saturated rings. The summed E-state index contributed by atoms with van der Waals surface area (Å²) in [7, 11) is 0. The van der Waals surface area contributed by atoms with Crippen molar-refractivity contribution in [3.05, 3.63) is 0 Å². The second-order valence-corrected chi connectivity index (χ2v) is 19.0. The van der Waals surface area contributed by atoms with Gasteiger partial charge in [-0.25, -0.2) is 4.79 Å². The van der Waals surface area contributed by atoms with Crippen LogP contribution in [0.2, 0.25) is 0 Å². The summed E-state index contributed by atoms with van der Waals surface area (Å²) in [5.41, 5.74) is -1.22. The number of carbonyl (C=O) groups is 6. The summed E-state index contributed by atoms with van der Waals surface area (Å²) in [4.78, 5) is 79.3. The second-order valence-electron chi connectivity index (χ2n) is 19.0. The van der Waals surface area contributed by atoms with Gasteiger partial charge in [0, 0.05) is 25.8 Å². The molecular weight excluding hydrogens is 973 g/mol. The summed E-state index contributed by atoms with van der Waals surface area (Å²) in [6, 6.07) is 0. The van der Waals surface area contributed by atoms with Gasteiger partial charge in [0.2, 0.25) is 5.91 Å². The van der Waals surface area contributed by atoms with Crippen molar-refractivity contribution in [1.82, 2.24) is 10.4 Å². The zero-order chi connectivity index (χ0) is 54.6. The molecule has 19 nitrogen and oxygen atoms in total. The zero-order valence-electron chi connectivity index (χ0n) is 46.9. The van der Waals surface area contributed by atoms with E-state index in [1.165, 1.54) is 38.5 Å². The largest absolute Gasteiger partial charge is 0.466 e. The average molecular weight is 1080 g/mol. The van der Waals surface area contributed by atoms with Gasteiger partial charge in [0.15, 0.2) is 0 Å². The molecule has 3 amide bonds. The van der Waals surface area contributed by atoms with Crippen LogP contribution in [0.15, 0.2) is 0 Å². The predicted octanol–water partition coefficient (Wildman–Crippen LogP) is 8.73. The van der Waals surface area contributed by atoms with Gasteiger partial charge in [-0.3, -0.25) is 24.0 Å². The van der Waals surface area contributed by atoms with E-state index in [0.29, 0.717) is 130 Å². The third-order valence-electron chi connectivity index (χ3n) is 12.5. The van der Waals surface area contributed by atoms with E-state index in [2.05, 4.69) is 26.1 Å². The maximum absolute atomic E-state index is 14.1. The Bertz CT molecular complexity index is 1410. The van der Waals surface area contributed by atoms with E-state index in [1.807, 2.05) is 0 Å². The number of imide groups is 1. The maximum Gasteiger partial charge on any atom is 0.335 e. The number of unbranched alkanes of at least 4 members (excludes halogenated alkanes) is 17. The van der Waals surface area contributed by atoms with Gasteiger partial charge in [0.1, 0.15) is 5.41 Å². The van der Waals surface area contributed by atoms with Crippen molar-refractivity contribution in [1.29, 1.82) is 0 Å². The first-order valence-electron chi connectivity index (χ1n) is 29.0. The van der Waals surface area contributed by atoms with Crippen LogP contribution in [0, 0.1) is 5.41 Å². The molecular formula is C56H102N2O17. The molecule has 0 bridgehead atoms. The van der Waals surface area contributed by atoms with E-state index in [1.54, 1.807) is 0 Å². The normalized spacial score (nSPS) is 13.3. The minimum atomic E-state index is -1.22. The van der Waals surface area contributed by atoms with Crippen LogP contribution >= 0.6 is 0 Å². The minimum Gasteiger partial charge on any atom is -0.466 e. The number of ether oxygens (including phenoxy) is 10.